The highest BCUT2D eigenvalue weighted by Gasteiger charge is 2.05. The maximum absolute atomic E-state index is 13.1. The van der Waals surface area contributed by atoms with Gasteiger partial charge in [0.1, 0.15) is 11.3 Å². The van der Waals surface area contributed by atoms with E-state index in [0.29, 0.717) is 5.69 Å². The monoisotopic (exact) mass is 213 g/mol. The summed E-state index contributed by atoms with van der Waals surface area (Å²) in [5.41, 5.74) is 2.34. The minimum Gasteiger partial charge on any atom is -0.213 e. The van der Waals surface area contributed by atoms with Crippen molar-refractivity contribution in [2.75, 3.05) is 0 Å². The number of rotatable bonds is 1. The van der Waals surface area contributed by atoms with E-state index in [1.165, 1.54) is 12.1 Å². The van der Waals surface area contributed by atoms with E-state index in [2.05, 4.69) is 10.3 Å². The van der Waals surface area contributed by atoms with Crippen molar-refractivity contribution in [3.63, 3.8) is 0 Å². The molecule has 0 aliphatic rings. The lowest BCUT2D eigenvalue weighted by Gasteiger charge is -2.01. The van der Waals surface area contributed by atoms with Gasteiger partial charge in [0.15, 0.2) is 0 Å². The van der Waals surface area contributed by atoms with Crippen LogP contribution in [0.2, 0.25) is 0 Å². The first-order chi connectivity index (χ1) is 7.84. The highest BCUT2D eigenvalue weighted by Crippen LogP contribution is 2.16. The second kappa shape index (κ2) is 3.41. The van der Waals surface area contributed by atoms with Crippen LogP contribution in [0.5, 0.6) is 0 Å². The molecule has 1 heterocycles. The number of hydrogen-bond acceptors (Lipinski definition) is 2. The standard InChI is InChI=1S/C12H8FN3/c13-9-4-3-5-10(8-9)16-12-7-2-1-6-11(12)14-15-16/h1-8H. The fourth-order valence-electron chi connectivity index (χ4n) is 1.67. The first-order valence-corrected chi connectivity index (χ1v) is 4.91. The van der Waals surface area contributed by atoms with Crippen molar-refractivity contribution in [1.29, 1.82) is 0 Å². The van der Waals surface area contributed by atoms with Crippen LogP contribution in [0.15, 0.2) is 48.5 Å². The molecule has 0 unspecified atom stereocenters. The third kappa shape index (κ3) is 1.35. The van der Waals surface area contributed by atoms with Gasteiger partial charge in [0, 0.05) is 0 Å². The minimum atomic E-state index is -0.280. The van der Waals surface area contributed by atoms with Crippen LogP contribution in [-0.2, 0) is 0 Å². The van der Waals surface area contributed by atoms with E-state index in [1.807, 2.05) is 24.3 Å². The van der Waals surface area contributed by atoms with Gasteiger partial charge in [-0.15, -0.1) is 5.10 Å². The normalized spacial score (nSPS) is 10.8. The van der Waals surface area contributed by atoms with Crippen molar-refractivity contribution < 1.29 is 4.39 Å². The Labute approximate surface area is 91.1 Å². The fraction of sp³-hybridized carbons (Fsp3) is 0. The Balaban J connectivity index is 2.26. The van der Waals surface area contributed by atoms with Crippen molar-refractivity contribution >= 4 is 11.0 Å². The quantitative estimate of drug-likeness (QED) is 0.622. The van der Waals surface area contributed by atoms with Gasteiger partial charge in [-0.25, -0.2) is 9.07 Å². The van der Waals surface area contributed by atoms with E-state index in [4.69, 9.17) is 0 Å². The molecule has 2 aromatic carbocycles. The molecule has 3 nitrogen and oxygen atoms in total. The Morgan fingerprint density at radius 3 is 2.75 bits per heavy atom. The molecule has 78 valence electrons. The lowest BCUT2D eigenvalue weighted by atomic mass is 10.3. The molecule has 0 atom stereocenters. The van der Waals surface area contributed by atoms with E-state index in [1.54, 1.807) is 16.8 Å². The van der Waals surface area contributed by atoms with Gasteiger partial charge < -0.3 is 0 Å². The Kier molecular flexibility index (Phi) is 1.93. The maximum Gasteiger partial charge on any atom is 0.125 e. The highest BCUT2D eigenvalue weighted by atomic mass is 19.1. The molecule has 0 aliphatic heterocycles. The van der Waals surface area contributed by atoms with Crippen molar-refractivity contribution in [3.8, 4) is 5.69 Å². The lowest BCUT2D eigenvalue weighted by Crippen LogP contribution is -1.96. The average molecular weight is 213 g/mol. The summed E-state index contributed by atoms with van der Waals surface area (Å²) in [5.74, 6) is -0.280. The molecule has 0 radical (unpaired) electrons. The van der Waals surface area contributed by atoms with Gasteiger partial charge in [-0.1, -0.05) is 23.4 Å². The summed E-state index contributed by atoms with van der Waals surface area (Å²) >= 11 is 0. The zero-order chi connectivity index (χ0) is 11.0. The van der Waals surface area contributed by atoms with Crippen LogP contribution in [-0.4, -0.2) is 15.0 Å². The summed E-state index contributed by atoms with van der Waals surface area (Å²) < 4.78 is 14.7. The summed E-state index contributed by atoms with van der Waals surface area (Å²) in [6.07, 6.45) is 0. The molecule has 4 heteroatoms. The zero-order valence-corrected chi connectivity index (χ0v) is 8.34. The summed E-state index contributed by atoms with van der Waals surface area (Å²) in [6, 6.07) is 13.9. The first kappa shape index (κ1) is 9.03. The number of para-hydroxylation sites is 1. The number of fused-ring (bicyclic) bond motifs is 1. The predicted molar refractivity (Wildman–Crippen MR) is 58.8 cm³/mol. The molecule has 0 aliphatic carbocycles. The van der Waals surface area contributed by atoms with Crippen LogP contribution in [0.25, 0.3) is 16.7 Å². The Hall–Kier alpha value is -2.23. The maximum atomic E-state index is 13.1. The molecule has 0 saturated heterocycles. The molecule has 1 aromatic heterocycles. The van der Waals surface area contributed by atoms with E-state index < -0.39 is 0 Å². The van der Waals surface area contributed by atoms with Gasteiger partial charge in [-0.3, -0.25) is 0 Å². The van der Waals surface area contributed by atoms with Gasteiger partial charge in [0.05, 0.1) is 11.2 Å². The van der Waals surface area contributed by atoms with Crippen molar-refractivity contribution in [2.24, 2.45) is 0 Å². The van der Waals surface area contributed by atoms with Crippen LogP contribution in [0, 0.1) is 5.82 Å². The third-order valence-corrected chi connectivity index (χ3v) is 2.40. The summed E-state index contributed by atoms with van der Waals surface area (Å²) in [6.45, 7) is 0. The molecule has 3 rings (SSSR count). The Bertz CT molecular complexity index is 645. The molecule has 0 fully saturated rings. The van der Waals surface area contributed by atoms with Crippen molar-refractivity contribution in [3.05, 3.63) is 54.3 Å². The molecule has 16 heavy (non-hydrogen) atoms. The largest absolute Gasteiger partial charge is 0.213 e. The smallest absolute Gasteiger partial charge is 0.125 e. The average Bonchev–Trinajstić information content (AvgIpc) is 2.72. The Morgan fingerprint density at radius 1 is 1.00 bits per heavy atom. The zero-order valence-electron chi connectivity index (χ0n) is 8.34. The number of benzene rings is 2. The number of hydrogen-bond donors (Lipinski definition) is 0. The van der Waals surface area contributed by atoms with E-state index in [-0.39, 0.29) is 5.82 Å². The molecule has 0 N–H and O–H groups in total. The summed E-state index contributed by atoms with van der Waals surface area (Å²) in [5, 5.41) is 8.02. The van der Waals surface area contributed by atoms with Crippen LogP contribution < -0.4 is 0 Å². The molecule has 0 saturated carbocycles. The first-order valence-electron chi connectivity index (χ1n) is 4.91. The lowest BCUT2D eigenvalue weighted by molar-refractivity contribution is 0.625. The topological polar surface area (TPSA) is 30.7 Å². The van der Waals surface area contributed by atoms with Gasteiger partial charge >= 0.3 is 0 Å². The molecule has 0 bridgehead atoms. The van der Waals surface area contributed by atoms with E-state index >= 15 is 0 Å². The summed E-state index contributed by atoms with van der Waals surface area (Å²) in [7, 11) is 0. The van der Waals surface area contributed by atoms with Crippen molar-refractivity contribution in [2.45, 2.75) is 0 Å². The van der Waals surface area contributed by atoms with E-state index in [9.17, 15) is 4.39 Å². The van der Waals surface area contributed by atoms with Crippen LogP contribution in [0.1, 0.15) is 0 Å². The molecular weight excluding hydrogens is 205 g/mol. The minimum absolute atomic E-state index is 0.280. The molecule has 0 amide bonds. The molecule has 0 spiro atoms. The van der Waals surface area contributed by atoms with Gasteiger partial charge in [-0.2, -0.15) is 0 Å². The number of nitrogens with zero attached hydrogens (tertiary/aromatic N) is 3. The highest BCUT2D eigenvalue weighted by molar-refractivity contribution is 5.75. The second-order valence-electron chi connectivity index (χ2n) is 3.47. The Morgan fingerprint density at radius 2 is 1.88 bits per heavy atom. The number of aromatic nitrogens is 3. The van der Waals surface area contributed by atoms with Gasteiger partial charge in [0.2, 0.25) is 0 Å². The van der Waals surface area contributed by atoms with Crippen LogP contribution >= 0.6 is 0 Å². The van der Waals surface area contributed by atoms with Crippen LogP contribution in [0.4, 0.5) is 4.39 Å². The summed E-state index contributed by atoms with van der Waals surface area (Å²) in [4.78, 5) is 0. The van der Waals surface area contributed by atoms with Crippen molar-refractivity contribution in [1.82, 2.24) is 15.0 Å². The SMILES string of the molecule is Fc1cccc(-n2nnc3ccccc32)c1. The third-order valence-electron chi connectivity index (χ3n) is 2.40. The van der Waals surface area contributed by atoms with E-state index in [0.717, 1.165) is 11.0 Å². The van der Waals surface area contributed by atoms with Crippen LogP contribution in [0.3, 0.4) is 0 Å². The van der Waals surface area contributed by atoms with Gasteiger partial charge in [-0.05, 0) is 30.3 Å². The molecular formula is C12H8FN3. The number of halogens is 1. The fourth-order valence-corrected chi connectivity index (χ4v) is 1.67. The predicted octanol–water partition coefficient (Wildman–Crippen LogP) is 2.56. The second-order valence-corrected chi connectivity index (χ2v) is 3.47. The molecule has 3 aromatic rings. The van der Waals surface area contributed by atoms with Gasteiger partial charge in [0.25, 0.3) is 0 Å².